The number of aromatic nitrogens is 2. The summed E-state index contributed by atoms with van der Waals surface area (Å²) in [6.45, 7) is 6.63. The van der Waals surface area contributed by atoms with Crippen LogP contribution in [0.15, 0.2) is 12.4 Å². The van der Waals surface area contributed by atoms with Gasteiger partial charge >= 0.3 is 6.09 Å². The van der Waals surface area contributed by atoms with E-state index in [9.17, 15) is 9.59 Å². The number of carbonyl (C=O) groups is 2. The van der Waals surface area contributed by atoms with E-state index in [-0.39, 0.29) is 29.8 Å². The molecule has 1 unspecified atom stereocenters. The highest BCUT2D eigenvalue weighted by Gasteiger charge is 2.60. The fraction of sp³-hybridized carbons (Fsp3) is 0.600. The van der Waals surface area contributed by atoms with Crippen molar-refractivity contribution in [3.8, 4) is 0 Å². The second kappa shape index (κ2) is 5.36. The van der Waals surface area contributed by atoms with E-state index in [2.05, 4.69) is 15.3 Å². The molecule has 0 aromatic carbocycles. The normalized spacial score (nSPS) is 25.7. The molecule has 124 valence electrons. The largest absolute Gasteiger partial charge is 0.444 e. The Morgan fingerprint density at radius 1 is 1.30 bits per heavy atom. The summed E-state index contributed by atoms with van der Waals surface area (Å²) in [7, 11) is 0. The predicted octanol–water partition coefficient (Wildman–Crippen LogP) is 1.11. The zero-order valence-electron chi connectivity index (χ0n) is 13.4. The first-order chi connectivity index (χ1) is 10.7. The summed E-state index contributed by atoms with van der Waals surface area (Å²) in [4.78, 5) is 33.7. The van der Waals surface area contributed by atoms with Crippen molar-refractivity contribution in [3.05, 3.63) is 12.4 Å². The van der Waals surface area contributed by atoms with Gasteiger partial charge in [-0.3, -0.25) is 4.79 Å². The Morgan fingerprint density at radius 2 is 1.96 bits per heavy atom. The van der Waals surface area contributed by atoms with Crippen molar-refractivity contribution in [3.63, 3.8) is 0 Å². The summed E-state index contributed by atoms with van der Waals surface area (Å²) in [5.41, 5.74) is 5.05. The molecule has 1 aliphatic carbocycles. The maximum Gasteiger partial charge on any atom is 0.410 e. The lowest BCUT2D eigenvalue weighted by Gasteiger charge is -2.25. The number of likely N-dealkylation sites (tertiary alicyclic amines) is 1. The van der Waals surface area contributed by atoms with Gasteiger partial charge in [0.15, 0.2) is 0 Å². The molecule has 1 aromatic rings. The van der Waals surface area contributed by atoms with E-state index in [0.717, 1.165) is 0 Å². The standard InChI is InChI=1S/C15H21N5O3/c1-15(2,3)23-14(22)20-5-8-9(6-20)12(8)13(21)19-11-4-10(16)17-7-18-11/h4,7-9,12H,5-6H2,1-3H3,(H3,16,17,18,19,21)/t8-,9+,12?. The van der Waals surface area contributed by atoms with Crippen LogP contribution in [0, 0.1) is 17.8 Å². The van der Waals surface area contributed by atoms with E-state index in [4.69, 9.17) is 10.5 Å². The molecule has 3 N–H and O–H groups in total. The zero-order valence-corrected chi connectivity index (χ0v) is 13.4. The van der Waals surface area contributed by atoms with Crippen LogP contribution in [-0.4, -0.2) is 45.6 Å². The molecule has 3 atom stereocenters. The first-order valence-corrected chi connectivity index (χ1v) is 7.61. The molecule has 1 saturated carbocycles. The molecule has 8 nitrogen and oxygen atoms in total. The third kappa shape index (κ3) is 3.35. The maximum absolute atomic E-state index is 12.3. The van der Waals surface area contributed by atoms with Crippen molar-refractivity contribution in [1.82, 2.24) is 14.9 Å². The molecule has 2 amide bonds. The molecule has 1 aliphatic heterocycles. The summed E-state index contributed by atoms with van der Waals surface area (Å²) in [6, 6.07) is 1.52. The number of fused-ring (bicyclic) bond motifs is 1. The summed E-state index contributed by atoms with van der Waals surface area (Å²) < 4.78 is 5.35. The SMILES string of the molecule is CC(C)(C)OC(=O)N1C[C@@H]2C(C(=O)Nc3cc(N)ncn3)[C@@H]2C1. The summed E-state index contributed by atoms with van der Waals surface area (Å²) in [6.07, 6.45) is 0.996. The molecule has 3 rings (SSSR count). The van der Waals surface area contributed by atoms with Gasteiger partial charge in [-0.25, -0.2) is 14.8 Å². The number of hydrogen-bond acceptors (Lipinski definition) is 6. The van der Waals surface area contributed by atoms with Crippen LogP contribution in [0.2, 0.25) is 0 Å². The number of ether oxygens (including phenoxy) is 1. The number of nitrogens with two attached hydrogens (primary N) is 1. The van der Waals surface area contributed by atoms with Gasteiger partial charge in [0.2, 0.25) is 5.91 Å². The van der Waals surface area contributed by atoms with Crippen molar-refractivity contribution < 1.29 is 14.3 Å². The lowest BCUT2D eigenvalue weighted by molar-refractivity contribution is -0.118. The van der Waals surface area contributed by atoms with Crippen LogP contribution in [0.5, 0.6) is 0 Å². The number of amides is 2. The second-order valence-electron chi connectivity index (χ2n) is 7.06. The third-order valence-electron chi connectivity index (χ3n) is 4.09. The van der Waals surface area contributed by atoms with Crippen molar-refractivity contribution in [1.29, 1.82) is 0 Å². The Balaban J connectivity index is 1.52. The topological polar surface area (TPSA) is 110 Å². The lowest BCUT2D eigenvalue weighted by atomic mass is 10.2. The zero-order chi connectivity index (χ0) is 16.8. The highest BCUT2D eigenvalue weighted by atomic mass is 16.6. The van der Waals surface area contributed by atoms with E-state index in [1.807, 2.05) is 20.8 Å². The van der Waals surface area contributed by atoms with Gasteiger partial charge in [0.1, 0.15) is 23.6 Å². The quantitative estimate of drug-likeness (QED) is 0.845. The molecule has 0 spiro atoms. The number of rotatable bonds is 2. The molecule has 8 heteroatoms. The molecule has 2 aliphatic rings. The van der Waals surface area contributed by atoms with Gasteiger partial charge in [0.05, 0.1) is 0 Å². The Bertz CT molecular complexity index is 630. The number of nitrogens with one attached hydrogen (secondary N) is 1. The van der Waals surface area contributed by atoms with Crippen LogP contribution in [-0.2, 0) is 9.53 Å². The number of hydrogen-bond donors (Lipinski definition) is 2. The van der Waals surface area contributed by atoms with Crippen LogP contribution < -0.4 is 11.1 Å². The first-order valence-electron chi connectivity index (χ1n) is 7.61. The van der Waals surface area contributed by atoms with Crippen LogP contribution in [0.3, 0.4) is 0 Å². The van der Waals surface area contributed by atoms with Crippen molar-refractivity contribution >= 4 is 23.6 Å². The minimum absolute atomic E-state index is 0.0788. The number of carbonyl (C=O) groups excluding carboxylic acids is 2. The molecule has 1 aromatic heterocycles. The van der Waals surface area contributed by atoms with Gasteiger partial charge in [-0.2, -0.15) is 0 Å². The van der Waals surface area contributed by atoms with Crippen LogP contribution in [0.1, 0.15) is 20.8 Å². The third-order valence-corrected chi connectivity index (χ3v) is 4.09. The van der Waals surface area contributed by atoms with E-state index in [1.165, 1.54) is 12.4 Å². The Kier molecular flexibility index (Phi) is 3.62. The van der Waals surface area contributed by atoms with Crippen LogP contribution in [0.4, 0.5) is 16.4 Å². The van der Waals surface area contributed by atoms with E-state index in [0.29, 0.717) is 24.7 Å². The number of nitrogen functional groups attached to an aromatic ring is 1. The van der Waals surface area contributed by atoms with Gasteiger partial charge in [-0.05, 0) is 32.6 Å². The van der Waals surface area contributed by atoms with Gasteiger partial charge in [0.25, 0.3) is 0 Å². The van der Waals surface area contributed by atoms with Gasteiger partial charge in [0, 0.05) is 25.1 Å². The van der Waals surface area contributed by atoms with Gasteiger partial charge < -0.3 is 20.7 Å². The predicted molar refractivity (Wildman–Crippen MR) is 83.4 cm³/mol. The second-order valence-corrected chi connectivity index (χ2v) is 7.06. The molecule has 0 radical (unpaired) electrons. The highest BCUT2D eigenvalue weighted by Crippen LogP contribution is 2.52. The fourth-order valence-electron chi connectivity index (χ4n) is 3.04. The van der Waals surface area contributed by atoms with Crippen molar-refractivity contribution in [2.45, 2.75) is 26.4 Å². The number of nitrogens with zero attached hydrogens (tertiary/aromatic N) is 3. The molecular weight excluding hydrogens is 298 g/mol. The smallest absolute Gasteiger partial charge is 0.410 e. The highest BCUT2D eigenvalue weighted by molar-refractivity contribution is 5.94. The van der Waals surface area contributed by atoms with Crippen LogP contribution in [0.25, 0.3) is 0 Å². The monoisotopic (exact) mass is 319 g/mol. The molecule has 23 heavy (non-hydrogen) atoms. The first kappa shape index (κ1) is 15.5. The summed E-state index contributed by atoms with van der Waals surface area (Å²) in [5, 5.41) is 2.75. The molecular formula is C15H21N5O3. The average molecular weight is 319 g/mol. The Labute approximate surface area is 134 Å². The molecule has 0 bridgehead atoms. The van der Waals surface area contributed by atoms with E-state index in [1.54, 1.807) is 4.90 Å². The van der Waals surface area contributed by atoms with Crippen molar-refractivity contribution in [2.75, 3.05) is 24.1 Å². The molecule has 1 saturated heterocycles. The maximum atomic E-state index is 12.3. The van der Waals surface area contributed by atoms with Gasteiger partial charge in [-0.1, -0.05) is 0 Å². The lowest BCUT2D eigenvalue weighted by Crippen LogP contribution is -2.38. The number of piperidine rings is 1. The summed E-state index contributed by atoms with van der Waals surface area (Å²) >= 11 is 0. The van der Waals surface area contributed by atoms with E-state index < -0.39 is 5.60 Å². The summed E-state index contributed by atoms with van der Waals surface area (Å²) in [5.74, 6) is 0.939. The number of anilines is 2. The molecule has 2 fully saturated rings. The minimum atomic E-state index is -0.506. The Morgan fingerprint density at radius 3 is 2.52 bits per heavy atom. The van der Waals surface area contributed by atoms with Crippen LogP contribution >= 0.6 is 0 Å². The molecule has 2 heterocycles. The fourth-order valence-corrected chi connectivity index (χ4v) is 3.04. The minimum Gasteiger partial charge on any atom is -0.444 e. The van der Waals surface area contributed by atoms with Gasteiger partial charge in [-0.15, -0.1) is 0 Å². The Hall–Kier alpha value is -2.38. The van der Waals surface area contributed by atoms with Crippen molar-refractivity contribution in [2.24, 2.45) is 17.8 Å². The average Bonchev–Trinajstić information content (AvgIpc) is 2.92. The van der Waals surface area contributed by atoms with E-state index >= 15 is 0 Å².